The maximum Gasteiger partial charge on any atom is 0.200 e. The average molecular weight is 230 g/mol. The molecule has 0 radical (unpaired) electrons. The van der Waals surface area contributed by atoms with Crippen LogP contribution in [0.3, 0.4) is 0 Å². The monoisotopic (exact) mass is 230 g/mol. The standard InChI is InChI=1S/C13H10O4/c14-12(9-4-5-15-8-9)10-2-1-3-11-13(10)17-7-6-16-11/h1-5,8H,6-7H2. The highest BCUT2D eigenvalue weighted by molar-refractivity contribution is 6.11. The second-order valence-corrected chi connectivity index (χ2v) is 3.67. The maximum absolute atomic E-state index is 12.2. The van der Waals surface area contributed by atoms with Gasteiger partial charge in [-0.15, -0.1) is 0 Å². The molecule has 0 amide bonds. The molecule has 0 N–H and O–H groups in total. The number of para-hydroxylation sites is 1. The van der Waals surface area contributed by atoms with E-state index in [4.69, 9.17) is 13.9 Å². The molecule has 3 rings (SSSR count). The van der Waals surface area contributed by atoms with E-state index in [9.17, 15) is 4.79 Å². The summed E-state index contributed by atoms with van der Waals surface area (Å²) >= 11 is 0. The molecule has 4 heteroatoms. The second-order valence-electron chi connectivity index (χ2n) is 3.67. The summed E-state index contributed by atoms with van der Waals surface area (Å²) in [7, 11) is 0. The fourth-order valence-electron chi connectivity index (χ4n) is 1.80. The van der Waals surface area contributed by atoms with Gasteiger partial charge in [0.2, 0.25) is 0 Å². The van der Waals surface area contributed by atoms with Gasteiger partial charge in [0.05, 0.1) is 17.4 Å². The Morgan fingerprint density at radius 1 is 1.12 bits per heavy atom. The van der Waals surface area contributed by atoms with Gasteiger partial charge in [0.25, 0.3) is 0 Å². The largest absolute Gasteiger partial charge is 0.486 e. The average Bonchev–Trinajstić information content (AvgIpc) is 2.91. The third kappa shape index (κ3) is 1.67. The van der Waals surface area contributed by atoms with Crippen molar-refractivity contribution in [2.45, 2.75) is 0 Å². The number of rotatable bonds is 2. The van der Waals surface area contributed by atoms with E-state index in [0.29, 0.717) is 35.8 Å². The molecule has 0 saturated carbocycles. The molecule has 1 aliphatic heterocycles. The van der Waals surface area contributed by atoms with E-state index >= 15 is 0 Å². The number of hydrogen-bond donors (Lipinski definition) is 0. The number of benzene rings is 1. The van der Waals surface area contributed by atoms with Crippen molar-refractivity contribution >= 4 is 5.78 Å². The molecule has 0 saturated heterocycles. The first-order valence-electron chi connectivity index (χ1n) is 5.32. The van der Waals surface area contributed by atoms with Crippen LogP contribution in [-0.4, -0.2) is 19.0 Å². The van der Waals surface area contributed by atoms with E-state index in [1.165, 1.54) is 12.5 Å². The Hall–Kier alpha value is -2.23. The quantitative estimate of drug-likeness (QED) is 0.742. The Bertz CT molecular complexity index is 543. The van der Waals surface area contributed by atoms with Crippen LogP contribution in [0.15, 0.2) is 41.2 Å². The first kappa shape index (κ1) is 9.96. The number of fused-ring (bicyclic) bond motifs is 1. The zero-order chi connectivity index (χ0) is 11.7. The van der Waals surface area contributed by atoms with Crippen LogP contribution in [0.2, 0.25) is 0 Å². The second kappa shape index (κ2) is 3.97. The van der Waals surface area contributed by atoms with E-state index in [2.05, 4.69) is 0 Å². The lowest BCUT2D eigenvalue weighted by molar-refractivity contribution is 0.102. The Morgan fingerprint density at radius 2 is 2.00 bits per heavy atom. The molecule has 17 heavy (non-hydrogen) atoms. The Balaban J connectivity index is 2.06. The molecular weight excluding hydrogens is 220 g/mol. The fourth-order valence-corrected chi connectivity index (χ4v) is 1.80. The van der Waals surface area contributed by atoms with Crippen molar-refractivity contribution in [3.8, 4) is 11.5 Å². The maximum atomic E-state index is 12.2. The lowest BCUT2D eigenvalue weighted by atomic mass is 10.0. The number of hydrogen-bond acceptors (Lipinski definition) is 4. The number of carbonyl (C=O) groups is 1. The molecule has 86 valence electrons. The van der Waals surface area contributed by atoms with Gasteiger partial charge in [0.1, 0.15) is 19.5 Å². The Kier molecular flexibility index (Phi) is 2.33. The van der Waals surface area contributed by atoms with Crippen molar-refractivity contribution in [3.05, 3.63) is 47.9 Å². The topological polar surface area (TPSA) is 48.7 Å². The van der Waals surface area contributed by atoms with Gasteiger partial charge in [-0.1, -0.05) is 6.07 Å². The van der Waals surface area contributed by atoms with E-state index in [0.717, 1.165) is 0 Å². The van der Waals surface area contributed by atoms with Gasteiger partial charge in [-0.05, 0) is 18.2 Å². The van der Waals surface area contributed by atoms with Crippen LogP contribution < -0.4 is 9.47 Å². The zero-order valence-electron chi connectivity index (χ0n) is 9.01. The SMILES string of the molecule is O=C(c1ccoc1)c1cccc2c1OCCO2. The van der Waals surface area contributed by atoms with Gasteiger partial charge in [0, 0.05) is 0 Å². The minimum Gasteiger partial charge on any atom is -0.486 e. The lowest BCUT2D eigenvalue weighted by Gasteiger charge is -2.20. The minimum atomic E-state index is -0.124. The summed E-state index contributed by atoms with van der Waals surface area (Å²) in [6.45, 7) is 0.971. The van der Waals surface area contributed by atoms with Gasteiger partial charge in [-0.2, -0.15) is 0 Å². The number of furan rings is 1. The smallest absolute Gasteiger partial charge is 0.200 e. The molecule has 1 aromatic heterocycles. The van der Waals surface area contributed by atoms with Gasteiger partial charge < -0.3 is 13.9 Å². The minimum absolute atomic E-state index is 0.124. The summed E-state index contributed by atoms with van der Waals surface area (Å²) in [6, 6.07) is 6.93. The molecular formula is C13H10O4. The molecule has 0 spiro atoms. The van der Waals surface area contributed by atoms with Gasteiger partial charge in [0.15, 0.2) is 17.3 Å². The number of ether oxygens (including phenoxy) is 2. The Labute approximate surface area is 97.8 Å². The molecule has 0 fully saturated rings. The van der Waals surface area contributed by atoms with Crippen molar-refractivity contribution < 1.29 is 18.7 Å². The van der Waals surface area contributed by atoms with Crippen molar-refractivity contribution in [2.24, 2.45) is 0 Å². The lowest BCUT2D eigenvalue weighted by Crippen LogP contribution is -2.17. The van der Waals surface area contributed by atoms with Crippen LogP contribution in [0.25, 0.3) is 0 Å². The molecule has 0 unspecified atom stereocenters. The highest BCUT2D eigenvalue weighted by atomic mass is 16.6. The van der Waals surface area contributed by atoms with E-state index < -0.39 is 0 Å². The van der Waals surface area contributed by atoms with Gasteiger partial charge in [-0.25, -0.2) is 0 Å². The van der Waals surface area contributed by atoms with Crippen LogP contribution in [0.1, 0.15) is 15.9 Å². The van der Waals surface area contributed by atoms with Crippen LogP contribution in [0.5, 0.6) is 11.5 Å². The molecule has 1 aromatic carbocycles. The van der Waals surface area contributed by atoms with Crippen molar-refractivity contribution in [2.75, 3.05) is 13.2 Å². The summed E-state index contributed by atoms with van der Waals surface area (Å²) in [5, 5.41) is 0. The van der Waals surface area contributed by atoms with Crippen molar-refractivity contribution in [3.63, 3.8) is 0 Å². The third-order valence-corrected chi connectivity index (χ3v) is 2.59. The van der Waals surface area contributed by atoms with Crippen LogP contribution in [0.4, 0.5) is 0 Å². The zero-order valence-corrected chi connectivity index (χ0v) is 9.01. The normalized spacial score (nSPS) is 13.4. The number of ketones is 1. The fraction of sp³-hybridized carbons (Fsp3) is 0.154. The summed E-state index contributed by atoms with van der Waals surface area (Å²) in [6.07, 6.45) is 2.89. The molecule has 4 nitrogen and oxygen atoms in total. The molecule has 1 aliphatic rings. The first-order chi connectivity index (χ1) is 8.36. The van der Waals surface area contributed by atoms with Crippen molar-refractivity contribution in [1.29, 1.82) is 0 Å². The van der Waals surface area contributed by atoms with E-state index in [-0.39, 0.29) is 5.78 Å². The molecule has 2 heterocycles. The van der Waals surface area contributed by atoms with Crippen LogP contribution in [0, 0.1) is 0 Å². The molecule has 0 aliphatic carbocycles. The van der Waals surface area contributed by atoms with E-state index in [1.807, 2.05) is 0 Å². The molecule has 2 aromatic rings. The van der Waals surface area contributed by atoms with Crippen LogP contribution >= 0.6 is 0 Å². The first-order valence-corrected chi connectivity index (χ1v) is 5.32. The molecule has 0 atom stereocenters. The summed E-state index contributed by atoms with van der Waals surface area (Å²) in [5.74, 6) is 1.01. The van der Waals surface area contributed by atoms with Crippen molar-refractivity contribution in [1.82, 2.24) is 0 Å². The predicted octanol–water partition coefficient (Wildman–Crippen LogP) is 2.28. The predicted molar refractivity (Wildman–Crippen MR) is 59.6 cm³/mol. The van der Waals surface area contributed by atoms with Gasteiger partial charge in [-0.3, -0.25) is 4.79 Å². The summed E-state index contributed by atoms with van der Waals surface area (Å²) in [5.41, 5.74) is 1.01. The summed E-state index contributed by atoms with van der Waals surface area (Å²) < 4.78 is 15.8. The van der Waals surface area contributed by atoms with Gasteiger partial charge >= 0.3 is 0 Å². The van der Waals surface area contributed by atoms with Crippen LogP contribution in [-0.2, 0) is 0 Å². The van der Waals surface area contributed by atoms with E-state index in [1.54, 1.807) is 24.3 Å². The Morgan fingerprint density at radius 3 is 2.82 bits per heavy atom. The molecule has 0 bridgehead atoms. The third-order valence-electron chi connectivity index (χ3n) is 2.59. The highest BCUT2D eigenvalue weighted by Crippen LogP contribution is 2.34. The highest BCUT2D eigenvalue weighted by Gasteiger charge is 2.21. The number of carbonyl (C=O) groups excluding carboxylic acids is 1. The summed E-state index contributed by atoms with van der Waals surface area (Å²) in [4.78, 5) is 12.2.